The van der Waals surface area contributed by atoms with Crippen molar-refractivity contribution in [3.05, 3.63) is 70.4 Å². The second kappa shape index (κ2) is 6.83. The van der Waals surface area contributed by atoms with E-state index in [0.717, 1.165) is 16.3 Å². The molecule has 0 fully saturated rings. The first-order valence-electron chi connectivity index (χ1n) is 8.28. The van der Waals surface area contributed by atoms with Crippen LogP contribution in [0, 0.1) is 0 Å². The van der Waals surface area contributed by atoms with E-state index in [9.17, 15) is 9.59 Å². The number of carbonyl (C=O) groups is 1. The van der Waals surface area contributed by atoms with Gasteiger partial charge in [0.15, 0.2) is 5.43 Å². The molecule has 3 aromatic rings. The van der Waals surface area contributed by atoms with Crippen LogP contribution in [0.1, 0.15) is 31.7 Å². The fourth-order valence-corrected chi connectivity index (χ4v) is 3.10. The van der Waals surface area contributed by atoms with Gasteiger partial charge in [0.1, 0.15) is 0 Å². The Morgan fingerprint density at radius 2 is 1.67 bits per heavy atom. The second-order valence-electron chi connectivity index (χ2n) is 5.81. The van der Waals surface area contributed by atoms with Gasteiger partial charge in [-0.05, 0) is 29.7 Å². The Bertz CT molecular complexity index is 960. The Morgan fingerprint density at radius 3 is 2.42 bits per heavy atom. The molecule has 0 heterocycles. The van der Waals surface area contributed by atoms with E-state index < -0.39 is 0 Å². The molecule has 122 valence electrons. The maximum Gasteiger partial charge on any atom is 0.313 e. The summed E-state index contributed by atoms with van der Waals surface area (Å²) in [6.07, 6.45) is 0.662. The molecule has 1 atom stereocenters. The van der Waals surface area contributed by atoms with Crippen LogP contribution < -0.4 is 5.43 Å². The molecule has 0 spiro atoms. The Hall–Kier alpha value is -2.68. The molecule has 3 heteroatoms. The van der Waals surface area contributed by atoms with Crippen LogP contribution in [0.15, 0.2) is 59.4 Å². The highest BCUT2D eigenvalue weighted by Gasteiger charge is 2.20. The molecule has 0 bridgehead atoms. The van der Waals surface area contributed by atoms with Crippen molar-refractivity contribution in [2.45, 2.75) is 26.2 Å². The molecule has 0 N–H and O–H groups in total. The molecular formula is C21H20O3. The molecule has 0 radical (unpaired) electrons. The van der Waals surface area contributed by atoms with E-state index in [0.29, 0.717) is 23.8 Å². The van der Waals surface area contributed by atoms with Gasteiger partial charge < -0.3 is 4.74 Å². The zero-order chi connectivity index (χ0) is 17.1. The highest BCUT2D eigenvalue weighted by molar-refractivity contribution is 5.94. The van der Waals surface area contributed by atoms with Gasteiger partial charge in [-0.25, -0.2) is 0 Å². The third-order valence-corrected chi connectivity index (χ3v) is 4.35. The lowest BCUT2D eigenvalue weighted by molar-refractivity contribution is -0.145. The van der Waals surface area contributed by atoms with Gasteiger partial charge in [0.05, 0.1) is 12.5 Å². The molecule has 0 aliphatic rings. The number of hydrogen-bond donors (Lipinski definition) is 0. The summed E-state index contributed by atoms with van der Waals surface area (Å²) in [4.78, 5) is 24.9. The van der Waals surface area contributed by atoms with Crippen LogP contribution in [-0.4, -0.2) is 12.6 Å². The highest BCUT2D eigenvalue weighted by Crippen LogP contribution is 2.25. The maximum absolute atomic E-state index is 12.8. The molecule has 3 rings (SSSR count). The van der Waals surface area contributed by atoms with Crippen molar-refractivity contribution in [1.82, 2.24) is 0 Å². The quantitative estimate of drug-likeness (QED) is 0.669. The van der Waals surface area contributed by atoms with E-state index in [2.05, 4.69) is 0 Å². The molecule has 0 saturated heterocycles. The SMILES string of the molecule is CCOC(=O)C(CC)c1ccc2c(=O)c3ccccc3ccc2c1. The van der Waals surface area contributed by atoms with Gasteiger partial charge in [-0.15, -0.1) is 0 Å². The summed E-state index contributed by atoms with van der Waals surface area (Å²) in [6, 6.07) is 17.1. The van der Waals surface area contributed by atoms with E-state index in [1.807, 2.05) is 61.5 Å². The fourth-order valence-electron chi connectivity index (χ4n) is 3.10. The lowest BCUT2D eigenvalue weighted by Gasteiger charge is -2.14. The lowest BCUT2D eigenvalue weighted by Crippen LogP contribution is -2.15. The Balaban J connectivity index is 2.20. The third-order valence-electron chi connectivity index (χ3n) is 4.35. The summed E-state index contributed by atoms with van der Waals surface area (Å²) in [5.41, 5.74) is 0.902. The van der Waals surface area contributed by atoms with Gasteiger partial charge in [0.2, 0.25) is 0 Å². The van der Waals surface area contributed by atoms with Gasteiger partial charge in [-0.2, -0.15) is 0 Å². The average molecular weight is 320 g/mol. The summed E-state index contributed by atoms with van der Waals surface area (Å²) in [7, 11) is 0. The van der Waals surface area contributed by atoms with E-state index in [-0.39, 0.29) is 17.3 Å². The highest BCUT2D eigenvalue weighted by atomic mass is 16.5. The van der Waals surface area contributed by atoms with Crippen molar-refractivity contribution >= 4 is 27.5 Å². The summed E-state index contributed by atoms with van der Waals surface area (Å²) in [6.45, 7) is 4.14. The minimum Gasteiger partial charge on any atom is -0.466 e. The van der Waals surface area contributed by atoms with Gasteiger partial charge in [0, 0.05) is 10.8 Å². The van der Waals surface area contributed by atoms with Gasteiger partial charge in [0.25, 0.3) is 0 Å². The standard InChI is InChI=1S/C21H20O3/c1-3-17(21(23)24-4-2)15-11-12-19-16(13-15)10-9-14-7-5-6-8-18(14)20(19)22/h5-13,17H,3-4H2,1-2H3. The van der Waals surface area contributed by atoms with Gasteiger partial charge >= 0.3 is 5.97 Å². The predicted octanol–water partition coefficient (Wildman–Crippen LogP) is 4.41. The summed E-state index contributed by atoms with van der Waals surface area (Å²) in [5.74, 6) is -0.517. The van der Waals surface area contributed by atoms with Crippen LogP contribution in [0.25, 0.3) is 21.5 Å². The Kier molecular flexibility index (Phi) is 4.61. The minimum absolute atomic E-state index is 0.0151. The molecule has 0 aliphatic carbocycles. The van der Waals surface area contributed by atoms with Crippen molar-refractivity contribution in [1.29, 1.82) is 0 Å². The normalized spacial score (nSPS) is 12.2. The molecule has 0 amide bonds. The van der Waals surface area contributed by atoms with Crippen LogP contribution in [0.3, 0.4) is 0 Å². The zero-order valence-corrected chi connectivity index (χ0v) is 13.9. The maximum atomic E-state index is 12.8. The van der Waals surface area contributed by atoms with Crippen molar-refractivity contribution in [3.63, 3.8) is 0 Å². The topological polar surface area (TPSA) is 43.4 Å². The monoisotopic (exact) mass is 320 g/mol. The first-order valence-corrected chi connectivity index (χ1v) is 8.28. The van der Waals surface area contributed by atoms with E-state index in [1.54, 1.807) is 6.92 Å². The molecule has 0 saturated carbocycles. The van der Waals surface area contributed by atoms with Gasteiger partial charge in [-0.3, -0.25) is 9.59 Å². The van der Waals surface area contributed by atoms with Crippen LogP contribution in [0.2, 0.25) is 0 Å². The van der Waals surface area contributed by atoms with Crippen LogP contribution in [0.5, 0.6) is 0 Å². The van der Waals surface area contributed by atoms with Crippen molar-refractivity contribution in [2.24, 2.45) is 0 Å². The van der Waals surface area contributed by atoms with Crippen LogP contribution in [0.4, 0.5) is 0 Å². The summed E-state index contributed by atoms with van der Waals surface area (Å²) >= 11 is 0. The third kappa shape index (κ3) is 2.90. The Labute approximate surface area is 140 Å². The smallest absolute Gasteiger partial charge is 0.313 e. The number of benzene rings is 2. The zero-order valence-electron chi connectivity index (χ0n) is 13.9. The first kappa shape index (κ1) is 16.2. The molecule has 1 unspecified atom stereocenters. The van der Waals surface area contributed by atoms with Gasteiger partial charge in [-0.1, -0.05) is 61.5 Å². The van der Waals surface area contributed by atoms with Crippen molar-refractivity contribution in [3.8, 4) is 0 Å². The number of rotatable bonds is 4. The Morgan fingerprint density at radius 1 is 0.958 bits per heavy atom. The molecule has 0 aliphatic heterocycles. The fraction of sp³-hybridized carbons (Fsp3) is 0.238. The number of carbonyl (C=O) groups excluding carboxylic acids is 1. The summed E-state index contributed by atoms with van der Waals surface area (Å²) in [5, 5.41) is 3.13. The first-order chi connectivity index (χ1) is 11.7. The molecule has 3 nitrogen and oxygen atoms in total. The average Bonchev–Trinajstić information content (AvgIpc) is 2.73. The number of ether oxygens (including phenoxy) is 1. The minimum atomic E-state index is -0.301. The van der Waals surface area contributed by atoms with E-state index >= 15 is 0 Å². The van der Waals surface area contributed by atoms with Crippen molar-refractivity contribution < 1.29 is 9.53 Å². The molecule has 24 heavy (non-hydrogen) atoms. The number of hydrogen-bond acceptors (Lipinski definition) is 3. The largest absolute Gasteiger partial charge is 0.466 e. The second-order valence-corrected chi connectivity index (χ2v) is 5.81. The number of esters is 1. The predicted molar refractivity (Wildman–Crippen MR) is 97.4 cm³/mol. The van der Waals surface area contributed by atoms with E-state index in [4.69, 9.17) is 4.74 Å². The van der Waals surface area contributed by atoms with E-state index in [1.165, 1.54) is 0 Å². The van der Waals surface area contributed by atoms with Crippen molar-refractivity contribution in [2.75, 3.05) is 6.61 Å². The molecule has 0 aromatic heterocycles. The van der Waals surface area contributed by atoms with Crippen LogP contribution >= 0.6 is 0 Å². The molecule has 3 aromatic carbocycles. The molecular weight excluding hydrogens is 300 g/mol. The number of fused-ring (bicyclic) bond motifs is 2. The van der Waals surface area contributed by atoms with Crippen LogP contribution in [-0.2, 0) is 9.53 Å². The summed E-state index contributed by atoms with van der Waals surface area (Å²) < 4.78 is 5.17. The lowest BCUT2D eigenvalue weighted by atomic mass is 9.94.